The van der Waals surface area contributed by atoms with E-state index in [1.165, 1.54) is 20.0 Å². The topological polar surface area (TPSA) is 79.9 Å². The standard InChI is InChI=1S/C17H21N3O4/c1-23-13-5-3-2-4-12(13)15(21)18-19-16(22)14-9-20-8-11-6-17(20,7-11)10-24-14/h2-5,11,14H,6-10H2,1H3,(H,18,21)(H,19,22). The van der Waals surface area contributed by atoms with Gasteiger partial charge in [-0.1, -0.05) is 12.1 Å². The van der Waals surface area contributed by atoms with Crippen molar-refractivity contribution in [1.82, 2.24) is 15.8 Å². The van der Waals surface area contributed by atoms with Crippen LogP contribution in [0.15, 0.2) is 24.3 Å². The molecule has 3 heterocycles. The summed E-state index contributed by atoms with van der Waals surface area (Å²) in [4.78, 5) is 26.8. The molecule has 1 saturated carbocycles. The first-order valence-electron chi connectivity index (χ1n) is 8.21. The highest BCUT2D eigenvalue weighted by atomic mass is 16.5. The molecule has 7 nitrogen and oxygen atoms in total. The minimum Gasteiger partial charge on any atom is -0.496 e. The van der Waals surface area contributed by atoms with Crippen molar-refractivity contribution in [2.75, 3.05) is 26.8 Å². The number of nitrogens with one attached hydrogen (secondary N) is 2. The Morgan fingerprint density at radius 3 is 2.83 bits per heavy atom. The number of methoxy groups -OCH3 is 1. The second-order valence-electron chi connectivity index (χ2n) is 6.85. The summed E-state index contributed by atoms with van der Waals surface area (Å²) in [7, 11) is 1.50. The molecule has 5 rings (SSSR count). The number of carbonyl (C=O) groups is 2. The van der Waals surface area contributed by atoms with Crippen LogP contribution in [0.3, 0.4) is 0 Å². The van der Waals surface area contributed by atoms with E-state index in [0.717, 1.165) is 12.5 Å². The highest BCUT2D eigenvalue weighted by Crippen LogP contribution is 2.52. The Morgan fingerprint density at radius 2 is 2.04 bits per heavy atom. The third kappa shape index (κ3) is 2.44. The minimum atomic E-state index is -0.548. The van der Waals surface area contributed by atoms with E-state index < -0.39 is 12.0 Å². The lowest BCUT2D eigenvalue weighted by molar-refractivity contribution is -0.150. The SMILES string of the molecule is COc1ccccc1C(=O)NNC(=O)C1CN2CC3CC2(CO1)C3. The first-order chi connectivity index (χ1) is 11.6. The highest BCUT2D eigenvalue weighted by Gasteiger charge is 2.58. The van der Waals surface area contributed by atoms with Crippen molar-refractivity contribution in [3.05, 3.63) is 29.8 Å². The first-order valence-corrected chi connectivity index (χ1v) is 8.21. The van der Waals surface area contributed by atoms with Gasteiger partial charge in [-0.25, -0.2) is 0 Å². The van der Waals surface area contributed by atoms with Crippen molar-refractivity contribution in [2.24, 2.45) is 5.92 Å². The predicted molar refractivity (Wildman–Crippen MR) is 85.4 cm³/mol. The lowest BCUT2D eigenvalue weighted by Crippen LogP contribution is -2.60. The average Bonchev–Trinajstić information content (AvgIpc) is 3.13. The van der Waals surface area contributed by atoms with Gasteiger partial charge in [-0.3, -0.25) is 25.3 Å². The fourth-order valence-corrected chi connectivity index (χ4v) is 4.15. The second kappa shape index (κ2) is 5.75. The van der Waals surface area contributed by atoms with Gasteiger partial charge in [0.2, 0.25) is 0 Å². The van der Waals surface area contributed by atoms with Gasteiger partial charge < -0.3 is 9.47 Å². The van der Waals surface area contributed by atoms with Crippen molar-refractivity contribution >= 4 is 11.8 Å². The van der Waals surface area contributed by atoms with Crippen LogP contribution in [0, 0.1) is 5.92 Å². The van der Waals surface area contributed by atoms with Crippen LogP contribution in [0.2, 0.25) is 0 Å². The first kappa shape index (κ1) is 15.4. The van der Waals surface area contributed by atoms with Crippen LogP contribution in [0.4, 0.5) is 0 Å². The van der Waals surface area contributed by atoms with Crippen LogP contribution in [0.1, 0.15) is 23.2 Å². The summed E-state index contributed by atoms with van der Waals surface area (Å²) in [5, 5.41) is 0. The summed E-state index contributed by atoms with van der Waals surface area (Å²) in [6.45, 7) is 2.25. The minimum absolute atomic E-state index is 0.183. The number of benzene rings is 1. The smallest absolute Gasteiger partial charge is 0.273 e. The van der Waals surface area contributed by atoms with Crippen LogP contribution in [-0.4, -0.2) is 55.2 Å². The van der Waals surface area contributed by atoms with Crippen molar-refractivity contribution in [2.45, 2.75) is 24.5 Å². The van der Waals surface area contributed by atoms with Gasteiger partial charge in [-0.2, -0.15) is 0 Å². The van der Waals surface area contributed by atoms with Gasteiger partial charge in [0.1, 0.15) is 5.75 Å². The van der Waals surface area contributed by atoms with Gasteiger partial charge in [-0.05, 0) is 30.9 Å². The van der Waals surface area contributed by atoms with E-state index in [1.54, 1.807) is 24.3 Å². The Labute approximate surface area is 140 Å². The quantitative estimate of drug-likeness (QED) is 0.780. The van der Waals surface area contributed by atoms with Gasteiger partial charge >= 0.3 is 0 Å². The summed E-state index contributed by atoms with van der Waals surface area (Å²) >= 11 is 0. The molecule has 1 atom stereocenters. The average molecular weight is 331 g/mol. The van der Waals surface area contributed by atoms with Crippen LogP contribution in [-0.2, 0) is 9.53 Å². The number of para-hydroxylation sites is 1. The number of carbonyl (C=O) groups excluding carboxylic acids is 2. The molecule has 0 radical (unpaired) electrons. The van der Waals surface area contributed by atoms with E-state index in [-0.39, 0.29) is 11.4 Å². The van der Waals surface area contributed by atoms with Crippen molar-refractivity contribution in [1.29, 1.82) is 0 Å². The third-order valence-electron chi connectivity index (χ3n) is 5.37. The summed E-state index contributed by atoms with van der Waals surface area (Å²) in [6.07, 6.45) is 1.82. The Kier molecular flexibility index (Phi) is 3.69. The van der Waals surface area contributed by atoms with Gasteiger partial charge in [0.25, 0.3) is 11.8 Å². The predicted octanol–water partition coefficient (Wildman–Crippen LogP) is 0.319. The fourth-order valence-electron chi connectivity index (χ4n) is 4.15. The van der Waals surface area contributed by atoms with Gasteiger partial charge in [-0.15, -0.1) is 0 Å². The van der Waals surface area contributed by atoms with Crippen molar-refractivity contribution in [3.63, 3.8) is 0 Å². The normalized spacial score (nSPS) is 30.9. The molecule has 1 aromatic carbocycles. The molecule has 7 heteroatoms. The van der Waals surface area contributed by atoms with E-state index in [2.05, 4.69) is 15.8 Å². The highest BCUT2D eigenvalue weighted by molar-refractivity contribution is 5.98. The second-order valence-corrected chi connectivity index (χ2v) is 6.85. The number of ether oxygens (including phenoxy) is 2. The largest absolute Gasteiger partial charge is 0.496 e. The lowest BCUT2D eigenvalue weighted by Gasteiger charge is -2.47. The van der Waals surface area contributed by atoms with Crippen LogP contribution < -0.4 is 15.6 Å². The van der Waals surface area contributed by atoms with Gasteiger partial charge in [0.05, 0.1) is 19.3 Å². The number of hydrogen-bond donors (Lipinski definition) is 2. The number of morpholine rings is 1. The monoisotopic (exact) mass is 331 g/mol. The maximum absolute atomic E-state index is 12.3. The molecule has 1 aliphatic carbocycles. The molecule has 4 fully saturated rings. The molecule has 2 amide bonds. The molecule has 0 aromatic heterocycles. The molecule has 2 N–H and O–H groups in total. The zero-order chi connectivity index (χ0) is 16.7. The fraction of sp³-hybridized carbons (Fsp3) is 0.529. The number of amides is 2. The summed E-state index contributed by atoms with van der Waals surface area (Å²) in [6, 6.07) is 6.85. The zero-order valence-electron chi connectivity index (χ0n) is 13.6. The van der Waals surface area contributed by atoms with Gasteiger partial charge in [0, 0.05) is 18.6 Å². The van der Waals surface area contributed by atoms with E-state index in [0.29, 0.717) is 24.5 Å². The summed E-state index contributed by atoms with van der Waals surface area (Å²) in [5.41, 5.74) is 5.44. The van der Waals surface area contributed by atoms with Crippen LogP contribution in [0.5, 0.6) is 5.75 Å². The maximum atomic E-state index is 12.3. The van der Waals surface area contributed by atoms with E-state index in [4.69, 9.17) is 9.47 Å². The number of hydrogen-bond acceptors (Lipinski definition) is 5. The molecule has 128 valence electrons. The molecule has 24 heavy (non-hydrogen) atoms. The third-order valence-corrected chi connectivity index (χ3v) is 5.37. The Hall–Kier alpha value is -2.12. The molecular formula is C17H21N3O4. The molecule has 3 aliphatic heterocycles. The molecule has 1 aromatic rings. The maximum Gasteiger partial charge on any atom is 0.273 e. The molecule has 1 unspecified atom stereocenters. The van der Waals surface area contributed by atoms with Crippen molar-refractivity contribution in [3.8, 4) is 5.75 Å². The Bertz CT molecular complexity index is 672. The molecule has 3 saturated heterocycles. The lowest BCUT2D eigenvalue weighted by atomic mass is 9.73. The summed E-state index contributed by atoms with van der Waals surface area (Å²) < 4.78 is 10.9. The van der Waals surface area contributed by atoms with E-state index >= 15 is 0 Å². The number of hydrazine groups is 1. The van der Waals surface area contributed by atoms with Crippen LogP contribution >= 0.6 is 0 Å². The van der Waals surface area contributed by atoms with Crippen LogP contribution in [0.25, 0.3) is 0 Å². The van der Waals surface area contributed by atoms with E-state index in [9.17, 15) is 9.59 Å². The van der Waals surface area contributed by atoms with Gasteiger partial charge in [0.15, 0.2) is 6.10 Å². The van der Waals surface area contributed by atoms with Crippen molar-refractivity contribution < 1.29 is 19.1 Å². The Morgan fingerprint density at radius 1 is 1.25 bits per heavy atom. The van der Waals surface area contributed by atoms with E-state index in [1.807, 2.05) is 0 Å². The molecule has 1 spiro atoms. The number of rotatable bonds is 3. The zero-order valence-corrected chi connectivity index (χ0v) is 13.6. The molecule has 2 bridgehead atoms. The summed E-state index contributed by atoms with van der Waals surface area (Å²) in [5.74, 6) is 0.478. The molecule has 4 aliphatic rings. The molecular weight excluding hydrogens is 310 g/mol. The Balaban J connectivity index is 1.33. The number of nitrogens with zero attached hydrogens (tertiary/aromatic N) is 1.